The Balaban J connectivity index is 2.61. The lowest BCUT2D eigenvalue weighted by molar-refractivity contribution is 1.01. The van der Waals surface area contributed by atoms with Crippen molar-refractivity contribution in [2.75, 3.05) is 5.73 Å². The molecule has 3 rings (SSSR count). The quantitative estimate of drug-likeness (QED) is 0.503. The highest BCUT2D eigenvalue weighted by Gasteiger charge is 2.03. The van der Waals surface area contributed by atoms with E-state index in [0.29, 0.717) is 0 Å². The van der Waals surface area contributed by atoms with Crippen LogP contribution in [0, 0.1) is 0 Å². The molecule has 0 amide bonds. The number of hydrogen-bond acceptors (Lipinski definition) is 2. The van der Waals surface area contributed by atoms with Crippen molar-refractivity contribution in [1.29, 1.82) is 0 Å². The summed E-state index contributed by atoms with van der Waals surface area (Å²) in [6.45, 7) is 0. The number of rotatable bonds is 0. The monoisotopic (exact) mass is 172 g/mol. The number of anilines is 1. The van der Waals surface area contributed by atoms with Crippen molar-refractivity contribution in [2.45, 2.75) is 0 Å². The first-order valence-electron chi connectivity index (χ1n) is 4.05. The van der Waals surface area contributed by atoms with Crippen LogP contribution >= 0.6 is 0 Å². The molecule has 0 unspecified atom stereocenters. The van der Waals surface area contributed by atoms with Gasteiger partial charge >= 0.3 is 0 Å². The van der Waals surface area contributed by atoms with Gasteiger partial charge in [-0.3, -0.25) is 0 Å². The minimum Gasteiger partial charge on any atom is -0.399 e. The third kappa shape index (κ3) is 0.767. The molecular formula is C9H8N4. The van der Waals surface area contributed by atoms with Gasteiger partial charge in [0.05, 0.1) is 17.2 Å². The van der Waals surface area contributed by atoms with Crippen LogP contribution in [-0.2, 0) is 0 Å². The Morgan fingerprint density at radius 2 is 2.23 bits per heavy atom. The predicted molar refractivity (Wildman–Crippen MR) is 51.5 cm³/mol. The number of benzene rings is 1. The van der Waals surface area contributed by atoms with Crippen molar-refractivity contribution in [2.24, 2.45) is 0 Å². The molecule has 0 spiro atoms. The number of nitrogen functional groups attached to an aromatic ring is 1. The highest BCUT2D eigenvalue weighted by Crippen LogP contribution is 2.17. The Morgan fingerprint density at radius 1 is 1.31 bits per heavy atom. The van der Waals surface area contributed by atoms with Gasteiger partial charge in [0.25, 0.3) is 0 Å². The van der Waals surface area contributed by atoms with Crippen LogP contribution in [0.3, 0.4) is 0 Å². The van der Waals surface area contributed by atoms with E-state index >= 15 is 0 Å². The highest BCUT2D eigenvalue weighted by molar-refractivity contribution is 5.82. The third-order valence-electron chi connectivity index (χ3n) is 2.16. The van der Waals surface area contributed by atoms with Gasteiger partial charge in [0.2, 0.25) is 0 Å². The lowest BCUT2D eigenvalue weighted by atomic mass is 10.3. The van der Waals surface area contributed by atoms with Gasteiger partial charge < -0.3 is 10.7 Å². The second-order valence-electron chi connectivity index (χ2n) is 3.03. The molecule has 0 aliphatic heterocycles. The van der Waals surface area contributed by atoms with Crippen LogP contribution in [0.2, 0.25) is 0 Å². The maximum atomic E-state index is 5.69. The lowest BCUT2D eigenvalue weighted by Gasteiger charge is -1.92. The fraction of sp³-hybridized carbons (Fsp3) is 0. The first kappa shape index (κ1) is 6.54. The number of imidazole rings is 1. The van der Waals surface area contributed by atoms with Crippen LogP contribution in [0.5, 0.6) is 0 Å². The standard InChI is InChI=1S/C9H8N4/c10-6-1-2-7-8(5-6)13-9(12-7)3-4-11-13/h1-5,12H,10H2. The fourth-order valence-corrected chi connectivity index (χ4v) is 1.56. The summed E-state index contributed by atoms with van der Waals surface area (Å²) in [5.41, 5.74) is 9.50. The molecular weight excluding hydrogens is 164 g/mol. The van der Waals surface area contributed by atoms with Crippen LogP contribution < -0.4 is 5.73 Å². The molecule has 0 bridgehead atoms. The number of nitrogens with zero attached hydrogens (tertiary/aromatic N) is 2. The minimum absolute atomic E-state index is 0.754. The second kappa shape index (κ2) is 2.04. The van der Waals surface area contributed by atoms with Gasteiger partial charge in [-0.15, -0.1) is 0 Å². The van der Waals surface area contributed by atoms with Gasteiger partial charge in [-0.2, -0.15) is 5.10 Å². The van der Waals surface area contributed by atoms with Crippen molar-refractivity contribution >= 4 is 22.4 Å². The maximum Gasteiger partial charge on any atom is 0.134 e. The second-order valence-corrected chi connectivity index (χ2v) is 3.03. The van der Waals surface area contributed by atoms with E-state index in [2.05, 4.69) is 10.1 Å². The maximum absolute atomic E-state index is 5.69. The smallest absolute Gasteiger partial charge is 0.134 e. The lowest BCUT2D eigenvalue weighted by Crippen LogP contribution is -1.86. The van der Waals surface area contributed by atoms with Crippen LogP contribution in [0.1, 0.15) is 0 Å². The van der Waals surface area contributed by atoms with E-state index in [9.17, 15) is 0 Å². The van der Waals surface area contributed by atoms with Crippen molar-refractivity contribution in [3.63, 3.8) is 0 Å². The first-order chi connectivity index (χ1) is 6.34. The molecule has 0 radical (unpaired) electrons. The summed E-state index contributed by atoms with van der Waals surface area (Å²) in [4.78, 5) is 3.23. The summed E-state index contributed by atoms with van der Waals surface area (Å²) in [7, 11) is 0. The number of hydrogen-bond donors (Lipinski definition) is 2. The summed E-state index contributed by atoms with van der Waals surface area (Å²) < 4.78 is 1.84. The van der Waals surface area contributed by atoms with E-state index in [4.69, 9.17) is 5.73 Å². The van der Waals surface area contributed by atoms with Crippen molar-refractivity contribution in [3.05, 3.63) is 30.5 Å². The Labute approximate surface area is 74.0 Å². The topological polar surface area (TPSA) is 59.1 Å². The molecule has 2 heterocycles. The van der Waals surface area contributed by atoms with Gasteiger partial charge in [-0.05, 0) is 18.2 Å². The zero-order chi connectivity index (χ0) is 8.84. The van der Waals surface area contributed by atoms with Gasteiger partial charge in [-0.1, -0.05) is 0 Å². The number of nitrogens with one attached hydrogen (secondary N) is 1. The van der Waals surface area contributed by atoms with Crippen molar-refractivity contribution < 1.29 is 0 Å². The average molecular weight is 172 g/mol. The SMILES string of the molecule is Nc1ccc2[nH]c3ccnn3c2c1. The van der Waals surface area contributed by atoms with Crippen LogP contribution in [0.15, 0.2) is 30.5 Å². The molecule has 64 valence electrons. The molecule has 3 aromatic rings. The summed E-state index contributed by atoms with van der Waals surface area (Å²) in [6, 6.07) is 7.67. The number of aromatic amines is 1. The Hall–Kier alpha value is -1.97. The fourth-order valence-electron chi connectivity index (χ4n) is 1.56. The van der Waals surface area contributed by atoms with Gasteiger partial charge in [0.1, 0.15) is 5.65 Å². The van der Waals surface area contributed by atoms with Gasteiger partial charge in [0.15, 0.2) is 0 Å². The molecule has 0 saturated carbocycles. The van der Waals surface area contributed by atoms with Crippen LogP contribution in [0.25, 0.3) is 16.7 Å². The minimum atomic E-state index is 0.754. The van der Waals surface area contributed by atoms with E-state index in [0.717, 1.165) is 22.4 Å². The highest BCUT2D eigenvalue weighted by atomic mass is 15.3. The molecule has 0 fully saturated rings. The molecule has 0 aliphatic rings. The molecule has 4 heteroatoms. The Kier molecular flexibility index (Phi) is 1.02. The normalized spacial score (nSPS) is 11.4. The molecule has 0 aliphatic carbocycles. The zero-order valence-electron chi connectivity index (χ0n) is 6.86. The van der Waals surface area contributed by atoms with Crippen molar-refractivity contribution in [3.8, 4) is 0 Å². The number of fused-ring (bicyclic) bond motifs is 3. The van der Waals surface area contributed by atoms with E-state index < -0.39 is 0 Å². The molecule has 13 heavy (non-hydrogen) atoms. The van der Waals surface area contributed by atoms with E-state index in [1.807, 2.05) is 28.8 Å². The van der Waals surface area contributed by atoms with E-state index in [1.165, 1.54) is 0 Å². The van der Waals surface area contributed by atoms with Crippen molar-refractivity contribution in [1.82, 2.24) is 14.6 Å². The number of aromatic nitrogens is 3. The summed E-state index contributed by atoms with van der Waals surface area (Å²) in [5.74, 6) is 0. The zero-order valence-corrected chi connectivity index (χ0v) is 6.86. The largest absolute Gasteiger partial charge is 0.399 e. The molecule has 3 N–H and O–H groups in total. The Bertz CT molecular complexity index is 575. The molecule has 0 saturated heterocycles. The Morgan fingerprint density at radius 3 is 3.15 bits per heavy atom. The first-order valence-corrected chi connectivity index (χ1v) is 4.05. The van der Waals surface area contributed by atoms with Gasteiger partial charge in [-0.25, -0.2) is 4.52 Å². The van der Waals surface area contributed by atoms with Crippen LogP contribution in [0.4, 0.5) is 5.69 Å². The van der Waals surface area contributed by atoms with Crippen LogP contribution in [-0.4, -0.2) is 14.6 Å². The summed E-state index contributed by atoms with van der Waals surface area (Å²) in [5, 5.41) is 4.18. The van der Waals surface area contributed by atoms with E-state index in [-0.39, 0.29) is 0 Å². The van der Waals surface area contributed by atoms with Gasteiger partial charge in [0, 0.05) is 11.8 Å². The van der Waals surface area contributed by atoms with E-state index in [1.54, 1.807) is 6.20 Å². The molecule has 2 aromatic heterocycles. The average Bonchev–Trinajstić information content (AvgIpc) is 2.64. The molecule has 0 atom stereocenters. The number of nitrogens with two attached hydrogens (primary N) is 1. The third-order valence-corrected chi connectivity index (χ3v) is 2.16. The molecule has 4 nitrogen and oxygen atoms in total. The number of H-pyrrole nitrogens is 1. The summed E-state index contributed by atoms with van der Waals surface area (Å²) >= 11 is 0. The molecule has 1 aromatic carbocycles. The summed E-state index contributed by atoms with van der Waals surface area (Å²) in [6.07, 6.45) is 1.76. The predicted octanol–water partition coefficient (Wildman–Crippen LogP) is 1.40.